The Bertz CT molecular complexity index is 486. The Hall–Kier alpha value is -1.79. The minimum absolute atomic E-state index is 0.0183. The molecule has 1 fully saturated rings. The summed E-state index contributed by atoms with van der Waals surface area (Å²) in [5.74, 6) is 1.44. The molecule has 1 atom stereocenters. The summed E-state index contributed by atoms with van der Waals surface area (Å²) in [5, 5.41) is 6.10. The second kappa shape index (κ2) is 6.11. The fraction of sp³-hybridized carbons (Fsp3) is 0.500. The first-order chi connectivity index (χ1) is 9.83. The van der Waals surface area contributed by atoms with E-state index in [1.165, 1.54) is 0 Å². The standard InChI is InChI=1S/C14H18N2O4/c17-13(6-11-8-15-4-5-18-11)16-7-10-2-1-3-12-14(10)20-9-19-12/h1-3,11,15H,4-9H2,(H,16,17). The topological polar surface area (TPSA) is 68.8 Å². The van der Waals surface area contributed by atoms with Crippen LogP contribution in [0, 0.1) is 0 Å². The zero-order valence-corrected chi connectivity index (χ0v) is 11.2. The van der Waals surface area contributed by atoms with E-state index in [9.17, 15) is 4.79 Å². The van der Waals surface area contributed by atoms with Crippen LogP contribution in [0.2, 0.25) is 0 Å². The highest BCUT2D eigenvalue weighted by Crippen LogP contribution is 2.35. The van der Waals surface area contributed by atoms with Gasteiger partial charge in [-0.1, -0.05) is 12.1 Å². The van der Waals surface area contributed by atoms with Crippen LogP contribution in [-0.4, -0.2) is 38.5 Å². The van der Waals surface area contributed by atoms with Gasteiger partial charge in [-0.05, 0) is 6.07 Å². The average Bonchev–Trinajstić information content (AvgIpc) is 2.95. The second-order valence-electron chi connectivity index (χ2n) is 4.83. The Labute approximate surface area is 117 Å². The van der Waals surface area contributed by atoms with E-state index in [4.69, 9.17) is 14.2 Å². The number of nitrogens with one attached hydrogen (secondary N) is 2. The number of carbonyl (C=O) groups is 1. The van der Waals surface area contributed by atoms with Gasteiger partial charge in [0.25, 0.3) is 0 Å². The predicted octanol–water partition coefficient (Wildman–Crippen LogP) is 0.410. The van der Waals surface area contributed by atoms with Gasteiger partial charge >= 0.3 is 0 Å². The number of carbonyl (C=O) groups excluding carboxylic acids is 1. The molecule has 1 unspecified atom stereocenters. The van der Waals surface area contributed by atoms with Crippen molar-refractivity contribution >= 4 is 5.91 Å². The van der Waals surface area contributed by atoms with Crippen LogP contribution in [0.4, 0.5) is 0 Å². The zero-order chi connectivity index (χ0) is 13.8. The SMILES string of the molecule is O=C(CC1CNCCO1)NCc1cccc2c1OCO2. The molecule has 1 aromatic carbocycles. The third kappa shape index (κ3) is 3.02. The number of hydrogen-bond acceptors (Lipinski definition) is 5. The van der Waals surface area contributed by atoms with E-state index in [1.54, 1.807) is 0 Å². The molecule has 2 N–H and O–H groups in total. The Morgan fingerprint density at radius 3 is 3.20 bits per heavy atom. The van der Waals surface area contributed by atoms with Crippen molar-refractivity contribution in [3.63, 3.8) is 0 Å². The van der Waals surface area contributed by atoms with Crippen LogP contribution in [0.3, 0.4) is 0 Å². The summed E-state index contributed by atoms with van der Waals surface area (Å²) in [6.07, 6.45) is 0.337. The minimum Gasteiger partial charge on any atom is -0.454 e. The molecule has 2 aliphatic heterocycles. The quantitative estimate of drug-likeness (QED) is 0.835. The van der Waals surface area contributed by atoms with Gasteiger partial charge in [0.15, 0.2) is 11.5 Å². The molecule has 1 amide bonds. The molecule has 0 aromatic heterocycles. The summed E-state index contributed by atoms with van der Waals surface area (Å²) in [7, 11) is 0. The van der Waals surface area contributed by atoms with E-state index in [-0.39, 0.29) is 18.8 Å². The van der Waals surface area contributed by atoms with Gasteiger partial charge in [-0.2, -0.15) is 0 Å². The molecule has 20 heavy (non-hydrogen) atoms. The van der Waals surface area contributed by atoms with Crippen molar-refractivity contribution in [3.05, 3.63) is 23.8 Å². The highest BCUT2D eigenvalue weighted by molar-refractivity contribution is 5.76. The molecular weight excluding hydrogens is 260 g/mol. The lowest BCUT2D eigenvalue weighted by atomic mass is 10.1. The first-order valence-electron chi connectivity index (χ1n) is 6.79. The number of benzene rings is 1. The maximum atomic E-state index is 11.9. The third-order valence-corrected chi connectivity index (χ3v) is 3.37. The van der Waals surface area contributed by atoms with Gasteiger partial charge in [0.1, 0.15) is 0 Å². The van der Waals surface area contributed by atoms with Gasteiger partial charge in [-0.15, -0.1) is 0 Å². The number of amides is 1. The Morgan fingerprint density at radius 2 is 2.35 bits per heavy atom. The molecule has 0 aliphatic carbocycles. The van der Waals surface area contributed by atoms with E-state index >= 15 is 0 Å². The normalized spacial score (nSPS) is 20.7. The number of para-hydroxylation sites is 1. The first kappa shape index (κ1) is 13.2. The van der Waals surface area contributed by atoms with Crippen molar-refractivity contribution in [3.8, 4) is 11.5 Å². The number of fused-ring (bicyclic) bond motifs is 1. The van der Waals surface area contributed by atoms with Gasteiger partial charge in [0.2, 0.25) is 12.7 Å². The highest BCUT2D eigenvalue weighted by Gasteiger charge is 2.19. The van der Waals surface area contributed by atoms with E-state index < -0.39 is 0 Å². The Balaban J connectivity index is 1.51. The summed E-state index contributed by atoms with van der Waals surface area (Å²) in [5.41, 5.74) is 0.927. The van der Waals surface area contributed by atoms with Gasteiger partial charge in [0.05, 0.1) is 19.1 Å². The van der Waals surface area contributed by atoms with E-state index in [1.807, 2.05) is 18.2 Å². The molecule has 6 heteroatoms. The molecule has 6 nitrogen and oxygen atoms in total. The molecule has 0 bridgehead atoms. The van der Waals surface area contributed by atoms with Crippen LogP contribution in [0.25, 0.3) is 0 Å². The lowest BCUT2D eigenvalue weighted by Gasteiger charge is -2.23. The van der Waals surface area contributed by atoms with Crippen molar-refractivity contribution in [1.82, 2.24) is 10.6 Å². The number of ether oxygens (including phenoxy) is 3. The van der Waals surface area contributed by atoms with Gasteiger partial charge in [-0.25, -0.2) is 0 Å². The molecule has 0 spiro atoms. The lowest BCUT2D eigenvalue weighted by molar-refractivity contribution is -0.124. The largest absolute Gasteiger partial charge is 0.454 e. The van der Waals surface area contributed by atoms with Crippen LogP contribution < -0.4 is 20.1 Å². The summed E-state index contributed by atoms with van der Waals surface area (Å²) in [6, 6.07) is 5.67. The molecular formula is C14H18N2O4. The molecule has 1 aromatic rings. The Kier molecular flexibility index (Phi) is 4.03. The zero-order valence-electron chi connectivity index (χ0n) is 11.2. The monoisotopic (exact) mass is 278 g/mol. The first-order valence-corrected chi connectivity index (χ1v) is 6.79. The van der Waals surface area contributed by atoms with Gasteiger partial charge < -0.3 is 24.8 Å². The van der Waals surface area contributed by atoms with Crippen molar-refractivity contribution in [1.29, 1.82) is 0 Å². The van der Waals surface area contributed by atoms with Crippen molar-refractivity contribution in [2.75, 3.05) is 26.5 Å². The number of hydrogen-bond donors (Lipinski definition) is 2. The summed E-state index contributed by atoms with van der Waals surface area (Å²) in [6.45, 7) is 2.92. The smallest absolute Gasteiger partial charge is 0.231 e. The molecule has 0 saturated carbocycles. The predicted molar refractivity (Wildman–Crippen MR) is 71.6 cm³/mol. The fourth-order valence-corrected chi connectivity index (χ4v) is 2.35. The summed E-state index contributed by atoms with van der Waals surface area (Å²) < 4.78 is 16.2. The van der Waals surface area contributed by atoms with Gasteiger partial charge in [0, 0.05) is 25.2 Å². The molecule has 1 saturated heterocycles. The third-order valence-electron chi connectivity index (χ3n) is 3.37. The average molecular weight is 278 g/mol. The van der Waals surface area contributed by atoms with E-state index in [0.717, 1.165) is 30.2 Å². The van der Waals surface area contributed by atoms with Crippen LogP contribution in [0.15, 0.2) is 18.2 Å². The van der Waals surface area contributed by atoms with Crippen LogP contribution in [0.1, 0.15) is 12.0 Å². The van der Waals surface area contributed by atoms with E-state index in [0.29, 0.717) is 19.6 Å². The van der Waals surface area contributed by atoms with Crippen LogP contribution in [-0.2, 0) is 16.1 Å². The van der Waals surface area contributed by atoms with Gasteiger partial charge in [-0.3, -0.25) is 4.79 Å². The fourth-order valence-electron chi connectivity index (χ4n) is 2.35. The number of rotatable bonds is 4. The Morgan fingerprint density at radius 1 is 1.40 bits per heavy atom. The van der Waals surface area contributed by atoms with Crippen LogP contribution in [0.5, 0.6) is 11.5 Å². The second-order valence-corrected chi connectivity index (χ2v) is 4.83. The van der Waals surface area contributed by atoms with Crippen molar-refractivity contribution < 1.29 is 19.0 Å². The molecule has 108 valence electrons. The lowest BCUT2D eigenvalue weighted by Crippen LogP contribution is -2.41. The molecule has 0 radical (unpaired) electrons. The number of morpholine rings is 1. The van der Waals surface area contributed by atoms with Crippen molar-refractivity contribution in [2.45, 2.75) is 19.1 Å². The van der Waals surface area contributed by atoms with E-state index in [2.05, 4.69) is 10.6 Å². The minimum atomic E-state index is -0.0372. The molecule has 2 aliphatic rings. The van der Waals surface area contributed by atoms with Crippen molar-refractivity contribution in [2.24, 2.45) is 0 Å². The summed E-state index contributed by atoms with van der Waals surface area (Å²) in [4.78, 5) is 11.9. The van der Waals surface area contributed by atoms with Crippen LogP contribution >= 0.6 is 0 Å². The molecule has 3 rings (SSSR count). The molecule has 2 heterocycles. The maximum absolute atomic E-state index is 11.9. The summed E-state index contributed by atoms with van der Waals surface area (Å²) >= 11 is 0. The maximum Gasteiger partial charge on any atom is 0.231 e. The highest BCUT2D eigenvalue weighted by atomic mass is 16.7.